The van der Waals surface area contributed by atoms with E-state index in [1.807, 2.05) is 0 Å². The van der Waals surface area contributed by atoms with Crippen molar-refractivity contribution in [2.75, 3.05) is 32.8 Å². The van der Waals surface area contributed by atoms with Crippen molar-refractivity contribution in [3.05, 3.63) is 51.9 Å². The van der Waals surface area contributed by atoms with E-state index >= 15 is 0 Å². The van der Waals surface area contributed by atoms with Crippen molar-refractivity contribution < 1.29 is 14.1 Å². The number of morpholine rings is 1. The van der Waals surface area contributed by atoms with Gasteiger partial charge in [0.25, 0.3) is 5.69 Å². The number of benzene rings is 1. The lowest BCUT2D eigenvalue weighted by Gasteiger charge is -2.40. The zero-order chi connectivity index (χ0) is 22.7. The highest BCUT2D eigenvalue weighted by atomic mass is 16.6. The summed E-state index contributed by atoms with van der Waals surface area (Å²) in [5.74, 6) is 3.18. The van der Waals surface area contributed by atoms with E-state index in [9.17, 15) is 10.1 Å². The monoisotopic (exact) mass is 440 g/mol. The predicted molar refractivity (Wildman–Crippen MR) is 121 cm³/mol. The molecule has 0 bridgehead atoms. The lowest BCUT2D eigenvalue weighted by Crippen LogP contribution is -2.42. The van der Waals surface area contributed by atoms with Gasteiger partial charge in [-0.1, -0.05) is 25.5 Å². The predicted octanol–water partition coefficient (Wildman–Crippen LogP) is 4.37. The van der Waals surface area contributed by atoms with Crippen molar-refractivity contribution in [1.82, 2.24) is 15.1 Å². The van der Waals surface area contributed by atoms with E-state index in [1.165, 1.54) is 17.7 Å². The van der Waals surface area contributed by atoms with E-state index in [1.54, 1.807) is 12.1 Å². The first-order valence-corrected chi connectivity index (χ1v) is 11.5. The van der Waals surface area contributed by atoms with E-state index < -0.39 is 4.92 Å². The molecule has 8 heteroatoms. The summed E-state index contributed by atoms with van der Waals surface area (Å²) in [5, 5.41) is 19.3. The largest absolute Gasteiger partial charge is 0.421 e. The molecule has 8 nitrogen and oxygen atoms in total. The van der Waals surface area contributed by atoms with Crippen LogP contribution in [0.1, 0.15) is 33.1 Å². The molecular formula is C24H32N4O4. The Labute approximate surface area is 188 Å². The Bertz CT molecular complexity index is 947. The summed E-state index contributed by atoms with van der Waals surface area (Å²) >= 11 is 0. The highest BCUT2D eigenvalue weighted by Crippen LogP contribution is 2.39. The quantitative estimate of drug-likeness (QED) is 0.358. The maximum absolute atomic E-state index is 10.9. The molecule has 32 heavy (non-hydrogen) atoms. The molecule has 1 fully saturated rings. The van der Waals surface area contributed by atoms with Crippen LogP contribution in [0.15, 0.2) is 40.3 Å². The molecule has 1 aromatic carbocycles. The number of nitro benzene ring substituents is 1. The van der Waals surface area contributed by atoms with Gasteiger partial charge in [0.2, 0.25) is 11.8 Å². The molecule has 2 heterocycles. The molecule has 0 amide bonds. The third-order valence-electron chi connectivity index (χ3n) is 6.87. The van der Waals surface area contributed by atoms with Crippen LogP contribution in [0, 0.1) is 33.8 Å². The van der Waals surface area contributed by atoms with Crippen LogP contribution in [0.4, 0.5) is 5.69 Å². The van der Waals surface area contributed by atoms with Crippen LogP contribution in [0.3, 0.4) is 0 Å². The van der Waals surface area contributed by atoms with Gasteiger partial charge < -0.3 is 9.15 Å². The van der Waals surface area contributed by atoms with Gasteiger partial charge in [-0.05, 0) is 49.1 Å². The standard InChI is InChI=1S/C24H32N4O4/c1-16(2)22-13-19(17(3)12-20(22)15-27-8-10-31-11-9-27)14-23-25-26-24(32-23)18-4-6-21(7-5-18)28(29)30/h4-7,12,16,19-20,22H,8-11,13-15H2,1-3H3/t19-,20-,22-/m0/s1. The first-order chi connectivity index (χ1) is 15.4. The van der Waals surface area contributed by atoms with Crippen LogP contribution in [-0.2, 0) is 11.2 Å². The molecule has 1 aromatic heterocycles. The fraction of sp³-hybridized carbons (Fsp3) is 0.583. The number of non-ortho nitro benzene ring substituents is 1. The lowest BCUT2D eigenvalue weighted by molar-refractivity contribution is -0.384. The molecule has 2 aliphatic rings. The molecule has 3 atom stereocenters. The normalized spacial score (nSPS) is 24.5. The lowest BCUT2D eigenvalue weighted by atomic mass is 9.69. The number of allylic oxidation sites excluding steroid dienone is 1. The summed E-state index contributed by atoms with van der Waals surface area (Å²) in [5.41, 5.74) is 2.13. The van der Waals surface area contributed by atoms with Gasteiger partial charge >= 0.3 is 0 Å². The maximum Gasteiger partial charge on any atom is 0.269 e. The van der Waals surface area contributed by atoms with Gasteiger partial charge in [-0.25, -0.2) is 0 Å². The maximum atomic E-state index is 10.9. The van der Waals surface area contributed by atoms with Gasteiger partial charge in [-0.3, -0.25) is 15.0 Å². The topological polar surface area (TPSA) is 94.5 Å². The number of ether oxygens (including phenoxy) is 1. The number of hydrogen-bond acceptors (Lipinski definition) is 7. The Morgan fingerprint density at radius 2 is 1.91 bits per heavy atom. The van der Waals surface area contributed by atoms with Gasteiger partial charge in [-0.2, -0.15) is 0 Å². The number of hydrogen-bond donors (Lipinski definition) is 0. The average Bonchev–Trinajstić information content (AvgIpc) is 3.24. The van der Waals surface area contributed by atoms with Gasteiger partial charge in [0.05, 0.1) is 18.1 Å². The minimum Gasteiger partial charge on any atom is -0.421 e. The summed E-state index contributed by atoms with van der Waals surface area (Å²) in [6.45, 7) is 11.7. The summed E-state index contributed by atoms with van der Waals surface area (Å²) < 4.78 is 11.4. The van der Waals surface area contributed by atoms with Crippen LogP contribution < -0.4 is 0 Å². The Kier molecular flexibility index (Phi) is 7.01. The Morgan fingerprint density at radius 1 is 1.19 bits per heavy atom. The molecular weight excluding hydrogens is 408 g/mol. The number of aromatic nitrogens is 2. The van der Waals surface area contributed by atoms with Gasteiger partial charge in [0.15, 0.2) is 0 Å². The van der Waals surface area contributed by atoms with Crippen molar-refractivity contribution >= 4 is 5.69 Å². The van der Waals surface area contributed by atoms with Crippen molar-refractivity contribution in [3.8, 4) is 11.5 Å². The van der Waals surface area contributed by atoms with E-state index in [2.05, 4.69) is 41.9 Å². The number of rotatable bonds is 7. The molecule has 2 aromatic rings. The van der Waals surface area contributed by atoms with E-state index in [4.69, 9.17) is 9.15 Å². The molecule has 0 radical (unpaired) electrons. The van der Waals surface area contributed by atoms with E-state index in [0.29, 0.717) is 41.0 Å². The second-order valence-electron chi connectivity index (χ2n) is 9.34. The van der Waals surface area contributed by atoms with Crippen LogP contribution in [-0.4, -0.2) is 52.9 Å². The smallest absolute Gasteiger partial charge is 0.269 e. The molecule has 0 spiro atoms. The third kappa shape index (κ3) is 5.24. The van der Waals surface area contributed by atoms with Crippen LogP contribution in [0.2, 0.25) is 0 Å². The zero-order valence-electron chi connectivity index (χ0n) is 19.1. The van der Waals surface area contributed by atoms with Gasteiger partial charge in [0, 0.05) is 43.8 Å². The van der Waals surface area contributed by atoms with Gasteiger partial charge in [0.1, 0.15) is 0 Å². The Morgan fingerprint density at radius 3 is 2.56 bits per heavy atom. The Balaban J connectivity index is 1.44. The molecule has 1 aliphatic carbocycles. The van der Waals surface area contributed by atoms with Crippen LogP contribution in [0.25, 0.3) is 11.5 Å². The van der Waals surface area contributed by atoms with Crippen LogP contribution >= 0.6 is 0 Å². The zero-order valence-corrected chi connectivity index (χ0v) is 19.1. The first kappa shape index (κ1) is 22.6. The molecule has 0 N–H and O–H groups in total. The van der Waals surface area contributed by atoms with E-state index in [0.717, 1.165) is 45.7 Å². The number of nitro groups is 1. The van der Waals surface area contributed by atoms with Crippen molar-refractivity contribution in [2.45, 2.75) is 33.6 Å². The number of nitrogens with zero attached hydrogens (tertiary/aromatic N) is 4. The summed E-state index contributed by atoms with van der Waals surface area (Å²) in [4.78, 5) is 13.0. The average molecular weight is 441 g/mol. The fourth-order valence-corrected chi connectivity index (χ4v) is 4.96. The summed E-state index contributed by atoms with van der Waals surface area (Å²) in [6, 6.07) is 6.20. The minimum absolute atomic E-state index is 0.0443. The second kappa shape index (κ2) is 9.92. The fourth-order valence-electron chi connectivity index (χ4n) is 4.96. The summed E-state index contributed by atoms with van der Waals surface area (Å²) in [7, 11) is 0. The highest BCUT2D eigenvalue weighted by Gasteiger charge is 2.33. The Hall–Kier alpha value is -2.58. The third-order valence-corrected chi connectivity index (χ3v) is 6.87. The molecule has 1 aliphatic heterocycles. The molecule has 1 saturated heterocycles. The van der Waals surface area contributed by atoms with E-state index in [-0.39, 0.29) is 5.69 Å². The first-order valence-electron chi connectivity index (χ1n) is 11.5. The van der Waals surface area contributed by atoms with Crippen molar-refractivity contribution in [1.29, 1.82) is 0 Å². The molecule has 0 unspecified atom stereocenters. The summed E-state index contributed by atoms with van der Waals surface area (Å²) in [6.07, 6.45) is 4.31. The SMILES string of the molecule is CC1=C[C@@H](CN2CCOCC2)[C@H](C(C)C)C[C@H]1Cc1nnc(-c2ccc([N+](=O)[O-])cc2)o1. The molecule has 0 saturated carbocycles. The minimum atomic E-state index is -0.418. The molecule has 172 valence electrons. The van der Waals surface area contributed by atoms with Crippen molar-refractivity contribution in [2.24, 2.45) is 23.7 Å². The van der Waals surface area contributed by atoms with Crippen LogP contribution in [0.5, 0.6) is 0 Å². The highest BCUT2D eigenvalue weighted by molar-refractivity contribution is 5.55. The molecule has 4 rings (SSSR count). The van der Waals surface area contributed by atoms with Gasteiger partial charge in [-0.15, -0.1) is 10.2 Å². The van der Waals surface area contributed by atoms with Crippen molar-refractivity contribution in [3.63, 3.8) is 0 Å². The second-order valence-corrected chi connectivity index (χ2v) is 9.34.